The number of imidazole rings is 1. The molecule has 2 aromatic heterocycles. The largest absolute Gasteiger partial charge is 0.476 e. The van der Waals surface area contributed by atoms with E-state index in [0.717, 1.165) is 0 Å². The molecule has 0 saturated carbocycles. The summed E-state index contributed by atoms with van der Waals surface area (Å²) in [7, 11) is 0. The first-order valence-electron chi connectivity index (χ1n) is 5.84. The van der Waals surface area contributed by atoms with Gasteiger partial charge in [0.1, 0.15) is 17.2 Å². The number of carboxylic acids is 1. The van der Waals surface area contributed by atoms with E-state index >= 15 is 0 Å². The number of nitrogens with two attached hydrogens (primary N) is 1. The summed E-state index contributed by atoms with van der Waals surface area (Å²) in [5, 5.41) is 9.21. The lowest BCUT2D eigenvalue weighted by molar-refractivity contribution is 0.0693. The first kappa shape index (κ1) is 12.2. The Hall–Kier alpha value is -2.89. The number of rotatable bonds is 2. The second-order valence-electron chi connectivity index (χ2n) is 4.25. The molecule has 100 valence electrons. The van der Waals surface area contributed by atoms with E-state index in [9.17, 15) is 14.3 Å². The first-order chi connectivity index (χ1) is 9.59. The van der Waals surface area contributed by atoms with Gasteiger partial charge in [-0.15, -0.1) is 0 Å². The SMILES string of the molecule is Nc1cccn2c(-c3ccccc3F)nc(C(=O)O)c12. The summed E-state index contributed by atoms with van der Waals surface area (Å²) in [6, 6.07) is 9.28. The van der Waals surface area contributed by atoms with Crippen LogP contribution in [-0.2, 0) is 0 Å². The van der Waals surface area contributed by atoms with Crippen molar-refractivity contribution in [3.05, 3.63) is 54.1 Å². The minimum absolute atomic E-state index is 0.193. The molecule has 0 bridgehead atoms. The first-order valence-corrected chi connectivity index (χ1v) is 5.84. The number of pyridine rings is 1. The highest BCUT2D eigenvalue weighted by atomic mass is 19.1. The lowest BCUT2D eigenvalue weighted by Gasteiger charge is -2.03. The predicted molar refractivity (Wildman–Crippen MR) is 72.0 cm³/mol. The number of nitrogens with zero attached hydrogens (tertiary/aromatic N) is 2. The molecule has 3 N–H and O–H groups in total. The third kappa shape index (κ3) is 1.70. The lowest BCUT2D eigenvalue weighted by Crippen LogP contribution is -2.00. The molecule has 20 heavy (non-hydrogen) atoms. The normalized spacial score (nSPS) is 10.8. The van der Waals surface area contributed by atoms with Crippen LogP contribution in [-0.4, -0.2) is 20.5 Å². The van der Waals surface area contributed by atoms with Crippen molar-refractivity contribution in [2.45, 2.75) is 0 Å². The Morgan fingerprint density at radius 1 is 1.25 bits per heavy atom. The number of benzene rings is 1. The molecule has 2 heterocycles. The highest BCUT2D eigenvalue weighted by molar-refractivity contribution is 5.98. The van der Waals surface area contributed by atoms with Crippen LogP contribution in [0.4, 0.5) is 10.1 Å². The average molecular weight is 271 g/mol. The van der Waals surface area contributed by atoms with Crippen molar-refractivity contribution >= 4 is 17.2 Å². The number of carboxylic acid groups (broad SMARTS) is 1. The molecular formula is C14H10FN3O2. The van der Waals surface area contributed by atoms with Crippen LogP contribution in [0.2, 0.25) is 0 Å². The molecule has 5 nitrogen and oxygen atoms in total. The van der Waals surface area contributed by atoms with Gasteiger partial charge in [0, 0.05) is 6.20 Å². The molecule has 0 aliphatic rings. The van der Waals surface area contributed by atoms with E-state index in [0.29, 0.717) is 0 Å². The number of hydrogen-bond acceptors (Lipinski definition) is 3. The second kappa shape index (κ2) is 4.34. The van der Waals surface area contributed by atoms with Crippen molar-refractivity contribution in [2.24, 2.45) is 0 Å². The van der Waals surface area contributed by atoms with Crippen molar-refractivity contribution < 1.29 is 14.3 Å². The summed E-state index contributed by atoms with van der Waals surface area (Å²) in [6.45, 7) is 0. The van der Waals surface area contributed by atoms with Crippen LogP contribution in [0.1, 0.15) is 10.5 Å². The number of fused-ring (bicyclic) bond motifs is 1. The summed E-state index contributed by atoms with van der Waals surface area (Å²) in [6.07, 6.45) is 1.60. The van der Waals surface area contributed by atoms with Crippen LogP contribution in [0.15, 0.2) is 42.6 Å². The van der Waals surface area contributed by atoms with Crippen molar-refractivity contribution in [2.75, 3.05) is 5.73 Å². The molecule has 0 fully saturated rings. The zero-order chi connectivity index (χ0) is 14.3. The zero-order valence-corrected chi connectivity index (χ0v) is 10.2. The van der Waals surface area contributed by atoms with Crippen molar-refractivity contribution in [1.82, 2.24) is 9.38 Å². The zero-order valence-electron chi connectivity index (χ0n) is 10.2. The molecule has 3 rings (SSSR count). The number of hydrogen-bond donors (Lipinski definition) is 2. The van der Waals surface area contributed by atoms with Crippen LogP contribution < -0.4 is 5.73 Å². The quantitative estimate of drug-likeness (QED) is 0.750. The van der Waals surface area contributed by atoms with Crippen molar-refractivity contribution in [3.8, 4) is 11.4 Å². The summed E-state index contributed by atoms with van der Waals surface area (Å²) in [5.74, 6) is -1.47. The van der Waals surface area contributed by atoms with E-state index < -0.39 is 11.8 Å². The molecule has 3 aromatic rings. The van der Waals surface area contributed by atoms with E-state index in [1.165, 1.54) is 10.5 Å². The van der Waals surface area contributed by atoms with Crippen LogP contribution >= 0.6 is 0 Å². The van der Waals surface area contributed by atoms with Gasteiger partial charge in [0.25, 0.3) is 0 Å². The minimum Gasteiger partial charge on any atom is -0.476 e. The summed E-state index contributed by atoms with van der Waals surface area (Å²) >= 11 is 0. The van der Waals surface area contributed by atoms with Gasteiger partial charge < -0.3 is 10.8 Å². The average Bonchev–Trinajstić information content (AvgIpc) is 2.80. The smallest absolute Gasteiger partial charge is 0.356 e. The Morgan fingerprint density at radius 3 is 2.70 bits per heavy atom. The van der Waals surface area contributed by atoms with Gasteiger partial charge in [-0.05, 0) is 24.3 Å². The van der Waals surface area contributed by atoms with Crippen LogP contribution in [0.3, 0.4) is 0 Å². The van der Waals surface area contributed by atoms with Gasteiger partial charge in [0.2, 0.25) is 0 Å². The molecule has 0 spiro atoms. The molecule has 0 atom stereocenters. The van der Waals surface area contributed by atoms with E-state index in [-0.39, 0.29) is 28.3 Å². The highest BCUT2D eigenvalue weighted by Crippen LogP contribution is 2.27. The minimum atomic E-state index is -1.21. The Labute approximate surface area is 113 Å². The maximum absolute atomic E-state index is 13.9. The molecule has 0 aliphatic heterocycles. The fourth-order valence-corrected chi connectivity index (χ4v) is 2.15. The molecule has 0 saturated heterocycles. The number of nitrogen functional groups attached to an aromatic ring is 1. The van der Waals surface area contributed by atoms with Crippen molar-refractivity contribution in [3.63, 3.8) is 0 Å². The molecule has 0 aliphatic carbocycles. The third-order valence-corrected chi connectivity index (χ3v) is 3.01. The van der Waals surface area contributed by atoms with E-state index in [4.69, 9.17) is 5.73 Å². The van der Waals surface area contributed by atoms with Gasteiger partial charge in [0.05, 0.1) is 11.3 Å². The molecule has 1 aromatic carbocycles. The lowest BCUT2D eigenvalue weighted by atomic mass is 10.2. The number of halogens is 1. The van der Waals surface area contributed by atoms with Crippen molar-refractivity contribution in [1.29, 1.82) is 0 Å². The Bertz CT molecular complexity index is 826. The van der Waals surface area contributed by atoms with Gasteiger partial charge >= 0.3 is 5.97 Å². The van der Waals surface area contributed by atoms with Gasteiger partial charge in [-0.25, -0.2) is 14.2 Å². The summed E-state index contributed by atoms with van der Waals surface area (Å²) in [5.41, 5.74) is 6.38. The maximum atomic E-state index is 13.9. The third-order valence-electron chi connectivity index (χ3n) is 3.01. The highest BCUT2D eigenvalue weighted by Gasteiger charge is 2.20. The Balaban J connectivity index is 2.41. The van der Waals surface area contributed by atoms with Gasteiger partial charge in [-0.3, -0.25) is 4.40 Å². The fraction of sp³-hybridized carbons (Fsp3) is 0. The number of aromatic nitrogens is 2. The van der Waals surface area contributed by atoms with Crippen LogP contribution in [0, 0.1) is 5.82 Å². The second-order valence-corrected chi connectivity index (χ2v) is 4.25. The molecule has 0 unspecified atom stereocenters. The fourth-order valence-electron chi connectivity index (χ4n) is 2.15. The molecular weight excluding hydrogens is 261 g/mol. The topological polar surface area (TPSA) is 80.6 Å². The maximum Gasteiger partial charge on any atom is 0.356 e. The van der Waals surface area contributed by atoms with E-state index in [2.05, 4.69) is 4.98 Å². The summed E-state index contributed by atoms with van der Waals surface area (Å²) in [4.78, 5) is 15.3. The monoisotopic (exact) mass is 271 g/mol. The number of carbonyl (C=O) groups is 1. The van der Waals surface area contributed by atoms with E-state index in [1.807, 2.05) is 0 Å². The van der Waals surface area contributed by atoms with Crippen LogP contribution in [0.5, 0.6) is 0 Å². The van der Waals surface area contributed by atoms with Gasteiger partial charge in [0.15, 0.2) is 5.69 Å². The molecule has 0 radical (unpaired) electrons. The Kier molecular flexibility index (Phi) is 2.64. The summed E-state index contributed by atoms with van der Waals surface area (Å²) < 4.78 is 15.4. The van der Waals surface area contributed by atoms with E-state index in [1.54, 1.807) is 36.5 Å². The standard InChI is InChI=1S/C14H10FN3O2/c15-9-5-2-1-4-8(9)13-17-11(14(19)20)12-10(16)6-3-7-18(12)13/h1-7H,16H2,(H,19,20). The van der Waals surface area contributed by atoms with Gasteiger partial charge in [-0.1, -0.05) is 12.1 Å². The molecule has 6 heteroatoms. The molecule has 0 amide bonds. The predicted octanol–water partition coefficient (Wildman–Crippen LogP) is 2.42. The van der Waals surface area contributed by atoms with Gasteiger partial charge in [-0.2, -0.15) is 0 Å². The number of anilines is 1. The van der Waals surface area contributed by atoms with Crippen LogP contribution in [0.25, 0.3) is 16.9 Å². The number of aromatic carboxylic acids is 1. The Morgan fingerprint density at radius 2 is 2.00 bits per heavy atom.